The quantitative estimate of drug-likeness (QED) is 0.140. The lowest BCUT2D eigenvalue weighted by atomic mass is 9.87. The molecular formula is C31H48N2O8. The monoisotopic (exact) mass is 576 g/mol. The second-order valence-electron chi connectivity index (χ2n) is 11.7. The van der Waals surface area contributed by atoms with Gasteiger partial charge in [-0.3, -0.25) is 14.4 Å². The predicted molar refractivity (Wildman–Crippen MR) is 154 cm³/mol. The molecule has 230 valence electrons. The Morgan fingerprint density at radius 2 is 1.90 bits per heavy atom. The molecule has 10 heteroatoms. The zero-order chi connectivity index (χ0) is 30.2. The first-order chi connectivity index (χ1) is 19.4. The van der Waals surface area contributed by atoms with Crippen LogP contribution in [0.3, 0.4) is 0 Å². The molecule has 0 radical (unpaired) electrons. The minimum atomic E-state index is -0.674. The molecule has 0 aliphatic carbocycles. The van der Waals surface area contributed by atoms with Crippen molar-refractivity contribution >= 4 is 17.8 Å². The molecule has 10 nitrogen and oxygen atoms in total. The first-order valence-corrected chi connectivity index (χ1v) is 14.8. The Hall–Kier alpha value is -2.53. The Morgan fingerprint density at radius 3 is 2.54 bits per heavy atom. The van der Waals surface area contributed by atoms with E-state index in [0.717, 1.165) is 18.4 Å². The number of esters is 1. The standard InChI is InChI=1S/C31H48N2O8/c1-7-14-32-29(37)16-24-17-31(18-38-31)30(40-23(6)35)27(41-24)12-9-19(2)8-11-26-20(3)15-25(22(5)39-26)33-28(36)13-10-21(4)34/h8-10,12-13,20-22,24-27,30,34H,7,11,14-18H2,1-6H3,(H,32,37)(H,33,36)/b12-9+,13-10-,19-8+/t20-,21-,22+,24+,25+,26-,27-,30+,31-/m0/s1. The number of carbonyl (C=O) groups is 3. The number of nitrogens with one attached hydrogen (secondary N) is 2. The number of carbonyl (C=O) groups excluding carboxylic acids is 3. The lowest BCUT2D eigenvalue weighted by molar-refractivity contribution is -0.179. The molecule has 2 amide bonds. The van der Waals surface area contributed by atoms with Gasteiger partial charge in [0.25, 0.3) is 0 Å². The highest BCUT2D eigenvalue weighted by Crippen LogP contribution is 2.45. The third kappa shape index (κ3) is 10.1. The number of rotatable bonds is 12. The van der Waals surface area contributed by atoms with Gasteiger partial charge in [0.05, 0.1) is 43.5 Å². The molecule has 0 bridgehead atoms. The Bertz CT molecular complexity index is 1000. The van der Waals surface area contributed by atoms with Crippen LogP contribution in [-0.2, 0) is 33.3 Å². The fraction of sp³-hybridized carbons (Fsp3) is 0.710. The Labute approximate surface area is 243 Å². The maximum absolute atomic E-state index is 12.4. The van der Waals surface area contributed by atoms with E-state index in [1.54, 1.807) is 6.92 Å². The van der Waals surface area contributed by atoms with Crippen molar-refractivity contribution in [3.63, 3.8) is 0 Å². The molecule has 0 aromatic carbocycles. The number of amides is 2. The number of aliphatic hydroxyl groups excluding tert-OH is 1. The molecule has 3 aliphatic heterocycles. The summed E-state index contributed by atoms with van der Waals surface area (Å²) in [5.74, 6) is -0.473. The van der Waals surface area contributed by atoms with Crippen molar-refractivity contribution in [3.05, 3.63) is 36.0 Å². The van der Waals surface area contributed by atoms with Gasteiger partial charge in [-0.2, -0.15) is 0 Å². The lowest BCUT2D eigenvalue weighted by Crippen LogP contribution is -2.52. The van der Waals surface area contributed by atoms with Crippen molar-refractivity contribution in [2.75, 3.05) is 13.2 Å². The number of hydrogen-bond acceptors (Lipinski definition) is 8. The molecule has 41 heavy (non-hydrogen) atoms. The van der Waals surface area contributed by atoms with Crippen molar-refractivity contribution in [3.8, 4) is 0 Å². The molecule has 3 fully saturated rings. The highest BCUT2D eigenvalue weighted by Gasteiger charge is 2.60. The summed E-state index contributed by atoms with van der Waals surface area (Å²) in [7, 11) is 0. The summed E-state index contributed by atoms with van der Waals surface area (Å²) < 4.78 is 24.0. The van der Waals surface area contributed by atoms with Crippen LogP contribution in [0.15, 0.2) is 36.0 Å². The zero-order valence-corrected chi connectivity index (χ0v) is 25.3. The second-order valence-corrected chi connectivity index (χ2v) is 11.7. The van der Waals surface area contributed by atoms with Crippen molar-refractivity contribution < 1.29 is 38.4 Å². The minimum Gasteiger partial charge on any atom is -0.456 e. The van der Waals surface area contributed by atoms with Crippen LogP contribution in [0.2, 0.25) is 0 Å². The van der Waals surface area contributed by atoms with E-state index in [1.165, 1.54) is 19.1 Å². The Kier molecular flexibility index (Phi) is 12.1. The summed E-state index contributed by atoms with van der Waals surface area (Å²) in [5.41, 5.74) is 0.386. The lowest BCUT2D eigenvalue weighted by Gasteiger charge is -2.39. The van der Waals surface area contributed by atoms with Crippen LogP contribution in [0.1, 0.15) is 73.6 Å². The molecular weight excluding hydrogens is 528 g/mol. The summed E-state index contributed by atoms with van der Waals surface area (Å²) in [6.07, 6.45) is 9.55. The first kappa shape index (κ1) is 33.0. The van der Waals surface area contributed by atoms with Crippen molar-refractivity contribution in [2.45, 2.75) is 122 Å². The molecule has 3 saturated heterocycles. The van der Waals surface area contributed by atoms with E-state index >= 15 is 0 Å². The molecule has 0 unspecified atom stereocenters. The van der Waals surface area contributed by atoms with E-state index in [9.17, 15) is 19.5 Å². The maximum Gasteiger partial charge on any atom is 0.303 e. The van der Waals surface area contributed by atoms with Gasteiger partial charge in [0.2, 0.25) is 11.8 Å². The molecule has 3 N–H and O–H groups in total. The van der Waals surface area contributed by atoms with Crippen molar-refractivity contribution in [1.82, 2.24) is 10.6 Å². The maximum atomic E-state index is 12.4. The Balaban J connectivity index is 1.60. The summed E-state index contributed by atoms with van der Waals surface area (Å²) in [6.45, 7) is 12.1. The average molecular weight is 577 g/mol. The first-order valence-electron chi connectivity index (χ1n) is 14.8. The summed E-state index contributed by atoms with van der Waals surface area (Å²) in [6, 6.07) is -0.104. The largest absolute Gasteiger partial charge is 0.456 e. The van der Waals surface area contributed by atoms with E-state index in [-0.39, 0.29) is 48.5 Å². The highest BCUT2D eigenvalue weighted by atomic mass is 16.7. The van der Waals surface area contributed by atoms with Gasteiger partial charge in [0, 0.05) is 26.0 Å². The van der Waals surface area contributed by atoms with Gasteiger partial charge in [0.15, 0.2) is 6.10 Å². The van der Waals surface area contributed by atoms with Crippen LogP contribution in [0.4, 0.5) is 0 Å². The van der Waals surface area contributed by atoms with Gasteiger partial charge in [-0.05, 0) is 46.0 Å². The highest BCUT2D eigenvalue weighted by molar-refractivity contribution is 5.87. The molecule has 0 aromatic heterocycles. The van der Waals surface area contributed by atoms with Gasteiger partial charge in [-0.15, -0.1) is 0 Å². The molecule has 9 atom stereocenters. The third-order valence-corrected chi connectivity index (χ3v) is 7.82. The minimum absolute atomic E-state index is 0.00313. The van der Waals surface area contributed by atoms with Crippen LogP contribution in [0, 0.1) is 5.92 Å². The van der Waals surface area contributed by atoms with Gasteiger partial charge in [0.1, 0.15) is 11.7 Å². The molecule has 0 aromatic rings. The molecule has 3 aliphatic rings. The van der Waals surface area contributed by atoms with Crippen LogP contribution in [0.25, 0.3) is 0 Å². The van der Waals surface area contributed by atoms with Crippen LogP contribution in [0.5, 0.6) is 0 Å². The SMILES string of the molecule is CCCNC(=O)C[C@@H]1C[C@]2(CO2)[C@H](OC(C)=O)[C@H](/C=C/C(C)=C/C[C@@H]2O[C@H](C)[C@H](NC(=O)/C=C\[C@H](C)O)C[C@@H]2C)O1. The van der Waals surface area contributed by atoms with E-state index < -0.39 is 29.9 Å². The smallest absolute Gasteiger partial charge is 0.303 e. The van der Waals surface area contributed by atoms with Crippen molar-refractivity contribution in [2.24, 2.45) is 5.92 Å². The van der Waals surface area contributed by atoms with Gasteiger partial charge >= 0.3 is 5.97 Å². The molecule has 0 saturated carbocycles. The van der Waals surface area contributed by atoms with E-state index in [0.29, 0.717) is 26.0 Å². The number of aliphatic hydroxyl groups is 1. The fourth-order valence-corrected chi connectivity index (χ4v) is 5.47. The number of allylic oxidation sites excluding steroid dienone is 2. The van der Waals surface area contributed by atoms with E-state index in [1.807, 2.05) is 32.9 Å². The number of epoxide rings is 1. The van der Waals surface area contributed by atoms with Gasteiger partial charge in [-0.1, -0.05) is 43.7 Å². The summed E-state index contributed by atoms with van der Waals surface area (Å²) in [5, 5.41) is 15.2. The molecule has 3 heterocycles. The predicted octanol–water partition coefficient (Wildman–Crippen LogP) is 2.89. The summed E-state index contributed by atoms with van der Waals surface area (Å²) >= 11 is 0. The normalized spacial score (nSPS) is 34.5. The molecule has 1 spiro atoms. The van der Waals surface area contributed by atoms with Gasteiger partial charge in [-0.25, -0.2) is 0 Å². The van der Waals surface area contributed by atoms with Crippen molar-refractivity contribution in [1.29, 1.82) is 0 Å². The van der Waals surface area contributed by atoms with Crippen LogP contribution >= 0.6 is 0 Å². The second kappa shape index (κ2) is 15.1. The van der Waals surface area contributed by atoms with Crippen LogP contribution < -0.4 is 10.6 Å². The zero-order valence-electron chi connectivity index (χ0n) is 25.3. The molecule has 3 rings (SSSR count). The fourth-order valence-electron chi connectivity index (χ4n) is 5.47. The topological polar surface area (TPSA) is 136 Å². The number of hydrogen-bond donors (Lipinski definition) is 3. The third-order valence-electron chi connectivity index (χ3n) is 7.82. The number of ether oxygens (including phenoxy) is 4. The van der Waals surface area contributed by atoms with Crippen LogP contribution in [-0.4, -0.2) is 84.3 Å². The Morgan fingerprint density at radius 1 is 1.17 bits per heavy atom. The van der Waals surface area contributed by atoms with Gasteiger partial charge < -0.3 is 34.7 Å². The van der Waals surface area contributed by atoms with E-state index in [2.05, 4.69) is 23.6 Å². The van der Waals surface area contributed by atoms with E-state index in [4.69, 9.17) is 18.9 Å². The average Bonchev–Trinajstić information content (AvgIpc) is 3.67. The summed E-state index contributed by atoms with van der Waals surface area (Å²) in [4.78, 5) is 36.4.